The van der Waals surface area contributed by atoms with Crippen LogP contribution in [0.3, 0.4) is 0 Å². The van der Waals surface area contributed by atoms with Crippen LogP contribution < -0.4 is 5.32 Å². The Balaban J connectivity index is 1.71. The molecule has 2 N–H and O–H groups in total. The van der Waals surface area contributed by atoms with Crippen molar-refractivity contribution in [2.45, 2.75) is 32.4 Å². The van der Waals surface area contributed by atoms with Gasteiger partial charge in [0.2, 0.25) is 0 Å². The van der Waals surface area contributed by atoms with Crippen LogP contribution in [0.15, 0.2) is 30.5 Å². The highest BCUT2D eigenvalue weighted by molar-refractivity contribution is 6.39. The highest BCUT2D eigenvalue weighted by Gasteiger charge is 2.28. The quantitative estimate of drug-likeness (QED) is 0.845. The summed E-state index contributed by atoms with van der Waals surface area (Å²) in [6.45, 7) is 3.73. The Labute approximate surface area is 134 Å². The number of fused-ring (bicyclic) bond motifs is 1. The molecule has 6 nitrogen and oxygen atoms in total. The number of hydrogen-bond acceptors (Lipinski definition) is 3. The summed E-state index contributed by atoms with van der Waals surface area (Å²) < 4.78 is 2.16. The molecule has 6 heteroatoms. The summed E-state index contributed by atoms with van der Waals surface area (Å²) >= 11 is 0. The van der Waals surface area contributed by atoms with E-state index in [0.29, 0.717) is 18.7 Å². The van der Waals surface area contributed by atoms with Crippen molar-refractivity contribution in [3.8, 4) is 0 Å². The summed E-state index contributed by atoms with van der Waals surface area (Å²) in [6, 6.07) is 7.62. The molecule has 0 aliphatic carbocycles. The maximum Gasteiger partial charge on any atom is 0.313 e. The van der Waals surface area contributed by atoms with E-state index >= 15 is 0 Å². The van der Waals surface area contributed by atoms with Gasteiger partial charge in [-0.25, -0.2) is 0 Å². The maximum atomic E-state index is 12.1. The van der Waals surface area contributed by atoms with Gasteiger partial charge in [-0.1, -0.05) is 6.92 Å². The van der Waals surface area contributed by atoms with Gasteiger partial charge >= 0.3 is 11.8 Å². The van der Waals surface area contributed by atoms with Crippen molar-refractivity contribution < 1.29 is 14.7 Å². The van der Waals surface area contributed by atoms with E-state index in [4.69, 9.17) is 0 Å². The molecule has 1 aromatic carbocycles. The Hall–Kier alpha value is -2.34. The smallest absolute Gasteiger partial charge is 0.313 e. The van der Waals surface area contributed by atoms with Crippen molar-refractivity contribution in [1.29, 1.82) is 0 Å². The molecule has 0 bridgehead atoms. The molecule has 122 valence electrons. The minimum Gasteiger partial charge on any atom is -0.391 e. The first-order valence-corrected chi connectivity index (χ1v) is 7.95. The van der Waals surface area contributed by atoms with Gasteiger partial charge in [0.25, 0.3) is 0 Å². The zero-order valence-corrected chi connectivity index (χ0v) is 13.2. The third kappa shape index (κ3) is 3.22. The van der Waals surface area contributed by atoms with Crippen LogP contribution in [0, 0.1) is 0 Å². The number of carbonyl (C=O) groups excluding carboxylic acids is 2. The minimum absolute atomic E-state index is 0.227. The van der Waals surface area contributed by atoms with Crippen molar-refractivity contribution in [3.05, 3.63) is 30.5 Å². The van der Waals surface area contributed by atoms with Crippen LogP contribution in [0.1, 0.15) is 19.8 Å². The zero-order chi connectivity index (χ0) is 16.4. The Morgan fingerprint density at radius 1 is 1.35 bits per heavy atom. The molecular formula is C17H21N3O3. The summed E-state index contributed by atoms with van der Waals surface area (Å²) in [7, 11) is 0. The molecule has 1 aromatic heterocycles. The number of nitrogens with one attached hydrogen (secondary N) is 1. The second-order valence-corrected chi connectivity index (χ2v) is 5.93. The van der Waals surface area contributed by atoms with Gasteiger partial charge in [-0.05, 0) is 37.1 Å². The SMILES string of the molecule is CCCn1ccc2cc(NC(=O)C(=O)N3CC[C@@H](O)C3)ccc21. The van der Waals surface area contributed by atoms with E-state index in [2.05, 4.69) is 16.8 Å². The van der Waals surface area contributed by atoms with Gasteiger partial charge in [0, 0.05) is 42.4 Å². The molecule has 1 saturated heterocycles. The topological polar surface area (TPSA) is 74.6 Å². The van der Waals surface area contributed by atoms with Gasteiger partial charge in [-0.2, -0.15) is 0 Å². The highest BCUT2D eigenvalue weighted by atomic mass is 16.3. The molecule has 3 rings (SSSR count). The first kappa shape index (κ1) is 15.6. The van der Waals surface area contributed by atoms with Crippen molar-refractivity contribution in [2.24, 2.45) is 0 Å². The largest absolute Gasteiger partial charge is 0.391 e. The fourth-order valence-electron chi connectivity index (χ4n) is 2.97. The molecule has 2 amide bonds. The third-order valence-electron chi connectivity index (χ3n) is 4.14. The number of aliphatic hydroxyl groups is 1. The predicted molar refractivity (Wildman–Crippen MR) is 88.1 cm³/mol. The fraction of sp³-hybridized carbons (Fsp3) is 0.412. The number of aryl methyl sites for hydroxylation is 1. The monoisotopic (exact) mass is 315 g/mol. The Morgan fingerprint density at radius 2 is 2.17 bits per heavy atom. The number of aliphatic hydroxyl groups excluding tert-OH is 1. The third-order valence-corrected chi connectivity index (χ3v) is 4.14. The standard InChI is InChI=1S/C17H21N3O3/c1-2-7-19-8-5-12-10-13(3-4-15(12)19)18-16(22)17(23)20-9-6-14(21)11-20/h3-5,8,10,14,21H,2,6-7,9,11H2,1H3,(H,18,22)/t14-/m1/s1. The van der Waals surface area contributed by atoms with Crippen molar-refractivity contribution in [1.82, 2.24) is 9.47 Å². The van der Waals surface area contributed by atoms with Crippen molar-refractivity contribution in [2.75, 3.05) is 18.4 Å². The van der Waals surface area contributed by atoms with Gasteiger partial charge in [0.15, 0.2) is 0 Å². The Kier molecular flexibility index (Phi) is 4.34. The lowest BCUT2D eigenvalue weighted by molar-refractivity contribution is -0.142. The van der Waals surface area contributed by atoms with E-state index < -0.39 is 17.9 Å². The molecule has 1 atom stereocenters. The van der Waals surface area contributed by atoms with E-state index in [0.717, 1.165) is 23.9 Å². The van der Waals surface area contributed by atoms with Crippen LogP contribution in [0.25, 0.3) is 10.9 Å². The van der Waals surface area contributed by atoms with Gasteiger partial charge in [-0.3, -0.25) is 9.59 Å². The number of aromatic nitrogens is 1. The summed E-state index contributed by atoms with van der Waals surface area (Å²) in [5.41, 5.74) is 1.71. The van der Waals surface area contributed by atoms with E-state index in [1.54, 1.807) is 6.07 Å². The summed E-state index contributed by atoms with van der Waals surface area (Å²) in [6.07, 6.45) is 3.08. The molecule has 1 fully saturated rings. The number of benzene rings is 1. The molecule has 0 unspecified atom stereocenters. The molecule has 2 aromatic rings. The van der Waals surface area contributed by atoms with Crippen molar-refractivity contribution in [3.63, 3.8) is 0 Å². The van der Waals surface area contributed by atoms with Gasteiger partial charge < -0.3 is 19.9 Å². The number of β-amino-alcohol motifs (C(OH)–C–C–N with tert-alkyl or cyclic N) is 1. The van der Waals surface area contributed by atoms with E-state index in [1.807, 2.05) is 24.4 Å². The van der Waals surface area contributed by atoms with Crippen molar-refractivity contribution >= 4 is 28.4 Å². The second kappa shape index (κ2) is 6.42. The minimum atomic E-state index is -0.661. The molecule has 1 aliphatic heterocycles. The first-order valence-electron chi connectivity index (χ1n) is 7.95. The number of nitrogens with zero attached hydrogens (tertiary/aromatic N) is 2. The number of amides is 2. The number of anilines is 1. The maximum absolute atomic E-state index is 12.1. The number of carbonyl (C=O) groups is 2. The molecule has 1 aliphatic rings. The van der Waals surface area contributed by atoms with Crippen LogP contribution in [-0.2, 0) is 16.1 Å². The number of rotatable bonds is 3. The molecule has 23 heavy (non-hydrogen) atoms. The number of hydrogen-bond donors (Lipinski definition) is 2. The lowest BCUT2D eigenvalue weighted by atomic mass is 10.2. The van der Waals surface area contributed by atoms with Gasteiger partial charge in [0.05, 0.1) is 6.10 Å². The molecule has 0 radical (unpaired) electrons. The fourth-order valence-corrected chi connectivity index (χ4v) is 2.97. The average molecular weight is 315 g/mol. The van der Waals surface area contributed by atoms with E-state index in [-0.39, 0.29) is 6.54 Å². The predicted octanol–water partition coefficient (Wildman–Crippen LogP) is 1.58. The van der Waals surface area contributed by atoms with Crippen LogP contribution in [0.2, 0.25) is 0 Å². The lowest BCUT2D eigenvalue weighted by Gasteiger charge is -2.15. The highest BCUT2D eigenvalue weighted by Crippen LogP contribution is 2.21. The Morgan fingerprint density at radius 3 is 2.87 bits per heavy atom. The summed E-state index contributed by atoms with van der Waals surface area (Å²) in [4.78, 5) is 25.5. The van der Waals surface area contributed by atoms with E-state index in [9.17, 15) is 14.7 Å². The van der Waals surface area contributed by atoms with E-state index in [1.165, 1.54) is 4.90 Å². The molecule has 0 saturated carbocycles. The molecule has 0 spiro atoms. The summed E-state index contributed by atoms with van der Waals surface area (Å²) in [5.74, 6) is -1.25. The van der Waals surface area contributed by atoms with Crippen LogP contribution >= 0.6 is 0 Å². The zero-order valence-electron chi connectivity index (χ0n) is 13.2. The van der Waals surface area contributed by atoms with Gasteiger partial charge in [-0.15, -0.1) is 0 Å². The second-order valence-electron chi connectivity index (χ2n) is 5.93. The van der Waals surface area contributed by atoms with Crippen LogP contribution in [0.4, 0.5) is 5.69 Å². The lowest BCUT2D eigenvalue weighted by Crippen LogP contribution is -2.38. The van der Waals surface area contributed by atoms with Crippen LogP contribution in [0.5, 0.6) is 0 Å². The Bertz CT molecular complexity index is 738. The average Bonchev–Trinajstić information content (AvgIpc) is 3.13. The number of likely N-dealkylation sites (tertiary alicyclic amines) is 1. The first-order chi connectivity index (χ1) is 11.1. The molecule has 2 heterocycles. The molecular weight excluding hydrogens is 294 g/mol. The van der Waals surface area contributed by atoms with Gasteiger partial charge in [0.1, 0.15) is 0 Å². The normalized spacial score (nSPS) is 17.7. The van der Waals surface area contributed by atoms with Crippen LogP contribution in [-0.4, -0.2) is 45.6 Å². The summed E-state index contributed by atoms with van der Waals surface area (Å²) in [5, 5.41) is 13.1.